The molecule has 1 atom stereocenters. The first-order chi connectivity index (χ1) is 13.7. The first-order valence-corrected chi connectivity index (χ1v) is 10.7. The highest BCUT2D eigenvalue weighted by molar-refractivity contribution is 5.29. The van der Waals surface area contributed by atoms with Crippen LogP contribution < -0.4 is 10.6 Å². The van der Waals surface area contributed by atoms with Gasteiger partial charge in [-0.05, 0) is 51.7 Å². The summed E-state index contributed by atoms with van der Waals surface area (Å²) < 4.78 is 6.20. The molecule has 0 aliphatic carbocycles. The Kier molecular flexibility index (Phi) is 7.12. The number of aliphatic hydroxyl groups is 1. The molecule has 4 nitrogen and oxygen atoms in total. The second-order valence-electron chi connectivity index (χ2n) is 9.59. The summed E-state index contributed by atoms with van der Waals surface area (Å²) in [5, 5.41) is 17.8. The maximum atomic E-state index is 10.6. The lowest BCUT2D eigenvalue weighted by Crippen LogP contribution is -2.62. The van der Waals surface area contributed by atoms with Gasteiger partial charge in [0.15, 0.2) is 0 Å². The molecule has 1 heterocycles. The number of benzene rings is 2. The predicted octanol–water partition coefficient (Wildman–Crippen LogP) is 4.05. The van der Waals surface area contributed by atoms with Crippen LogP contribution in [0.5, 0.6) is 0 Å². The molecule has 4 heteroatoms. The van der Waals surface area contributed by atoms with E-state index in [1.165, 1.54) is 0 Å². The van der Waals surface area contributed by atoms with Crippen molar-refractivity contribution in [1.82, 2.24) is 10.6 Å². The fourth-order valence-corrected chi connectivity index (χ4v) is 4.68. The van der Waals surface area contributed by atoms with Crippen LogP contribution in [-0.2, 0) is 4.74 Å². The van der Waals surface area contributed by atoms with Crippen molar-refractivity contribution in [2.75, 3.05) is 13.2 Å². The van der Waals surface area contributed by atoms with Crippen LogP contribution in [-0.4, -0.2) is 41.5 Å². The largest absolute Gasteiger partial charge is 0.389 e. The smallest absolute Gasteiger partial charge is 0.108 e. The number of rotatable bonds is 8. The zero-order valence-electron chi connectivity index (χ0n) is 18.2. The van der Waals surface area contributed by atoms with Crippen molar-refractivity contribution in [3.63, 3.8) is 0 Å². The molecule has 1 fully saturated rings. The van der Waals surface area contributed by atoms with Gasteiger partial charge >= 0.3 is 0 Å². The van der Waals surface area contributed by atoms with Gasteiger partial charge in [-0.15, -0.1) is 0 Å². The molecule has 3 rings (SSSR count). The van der Waals surface area contributed by atoms with Crippen LogP contribution in [0.25, 0.3) is 0 Å². The Morgan fingerprint density at radius 1 is 0.931 bits per heavy atom. The third kappa shape index (κ3) is 6.65. The molecule has 0 spiro atoms. The zero-order chi connectivity index (χ0) is 20.9. The summed E-state index contributed by atoms with van der Waals surface area (Å²) in [6.07, 6.45) is 1.36. The third-order valence-corrected chi connectivity index (χ3v) is 5.49. The Morgan fingerprint density at radius 2 is 1.41 bits per heavy atom. The van der Waals surface area contributed by atoms with E-state index in [-0.39, 0.29) is 17.2 Å². The van der Waals surface area contributed by atoms with Gasteiger partial charge in [0.25, 0.3) is 0 Å². The van der Waals surface area contributed by atoms with Gasteiger partial charge in [-0.1, -0.05) is 60.7 Å². The van der Waals surface area contributed by atoms with Crippen molar-refractivity contribution in [2.45, 2.75) is 69.9 Å². The SMILES string of the molecule is CC1(C)CC(NC[C@@H](O)COC(c2ccccc2)c2ccccc2)CC(C)(C)N1. The number of aliphatic hydroxyl groups excluding tert-OH is 1. The first-order valence-electron chi connectivity index (χ1n) is 10.7. The van der Waals surface area contributed by atoms with Crippen LogP contribution in [0.15, 0.2) is 60.7 Å². The summed E-state index contributed by atoms with van der Waals surface area (Å²) in [4.78, 5) is 0. The minimum Gasteiger partial charge on any atom is -0.389 e. The van der Waals surface area contributed by atoms with E-state index in [4.69, 9.17) is 4.74 Å². The molecule has 2 aromatic carbocycles. The maximum Gasteiger partial charge on any atom is 0.108 e. The van der Waals surface area contributed by atoms with Gasteiger partial charge < -0.3 is 20.5 Å². The molecule has 0 radical (unpaired) electrons. The molecule has 1 saturated heterocycles. The minimum absolute atomic E-state index is 0.0899. The average molecular weight is 397 g/mol. The molecular formula is C25H36N2O2. The van der Waals surface area contributed by atoms with Crippen molar-refractivity contribution in [3.05, 3.63) is 71.8 Å². The number of hydrogen-bond donors (Lipinski definition) is 3. The minimum atomic E-state index is -0.550. The predicted molar refractivity (Wildman–Crippen MR) is 119 cm³/mol. The van der Waals surface area contributed by atoms with Gasteiger partial charge in [0.2, 0.25) is 0 Å². The standard InChI is InChI=1S/C25H36N2O2/c1-24(2)15-21(16-25(3,4)27-24)26-17-22(28)18-29-23(19-11-7-5-8-12-19)20-13-9-6-10-14-20/h5-14,21-23,26-28H,15-18H2,1-4H3/t22-/m1/s1. The van der Waals surface area contributed by atoms with E-state index in [0.717, 1.165) is 24.0 Å². The second-order valence-corrected chi connectivity index (χ2v) is 9.59. The Balaban J connectivity index is 1.56. The lowest BCUT2D eigenvalue weighted by molar-refractivity contribution is 0.00380. The fraction of sp³-hybridized carbons (Fsp3) is 0.520. The highest BCUT2D eigenvalue weighted by atomic mass is 16.5. The van der Waals surface area contributed by atoms with Crippen LogP contribution in [0.3, 0.4) is 0 Å². The first kappa shape index (κ1) is 22.0. The van der Waals surface area contributed by atoms with Crippen LogP contribution in [0.1, 0.15) is 57.8 Å². The molecule has 158 valence electrons. The molecule has 0 aromatic heterocycles. The molecule has 0 bridgehead atoms. The highest BCUT2D eigenvalue weighted by Crippen LogP contribution is 2.29. The number of hydrogen-bond acceptors (Lipinski definition) is 4. The molecule has 0 saturated carbocycles. The Bertz CT molecular complexity index is 690. The van der Waals surface area contributed by atoms with Crippen LogP contribution in [0.4, 0.5) is 0 Å². The lowest BCUT2D eigenvalue weighted by Gasteiger charge is -2.47. The monoisotopic (exact) mass is 396 g/mol. The number of piperidine rings is 1. The highest BCUT2D eigenvalue weighted by Gasteiger charge is 2.37. The molecule has 3 N–H and O–H groups in total. The fourth-order valence-electron chi connectivity index (χ4n) is 4.68. The summed E-state index contributed by atoms with van der Waals surface area (Å²) in [7, 11) is 0. The van der Waals surface area contributed by atoms with Gasteiger partial charge in [0, 0.05) is 23.7 Å². The van der Waals surface area contributed by atoms with Crippen molar-refractivity contribution >= 4 is 0 Å². The van der Waals surface area contributed by atoms with Gasteiger partial charge in [0.1, 0.15) is 6.10 Å². The molecule has 29 heavy (non-hydrogen) atoms. The Labute approximate surface area is 175 Å². The Hall–Kier alpha value is -1.72. The molecular weight excluding hydrogens is 360 g/mol. The lowest BCUT2D eigenvalue weighted by atomic mass is 9.79. The van der Waals surface area contributed by atoms with Gasteiger partial charge in [0.05, 0.1) is 12.7 Å². The molecule has 1 aliphatic heterocycles. The second kappa shape index (κ2) is 9.40. The molecule has 1 aliphatic rings. The van der Waals surface area contributed by atoms with Crippen LogP contribution in [0, 0.1) is 0 Å². The summed E-state index contributed by atoms with van der Waals surface area (Å²) in [6.45, 7) is 9.80. The number of nitrogens with one attached hydrogen (secondary N) is 2. The Morgan fingerprint density at radius 3 is 1.90 bits per heavy atom. The van der Waals surface area contributed by atoms with E-state index in [1.54, 1.807) is 0 Å². The van der Waals surface area contributed by atoms with E-state index in [0.29, 0.717) is 19.2 Å². The normalized spacial score (nSPS) is 19.9. The van der Waals surface area contributed by atoms with Crippen LogP contribution in [0.2, 0.25) is 0 Å². The van der Waals surface area contributed by atoms with E-state index in [9.17, 15) is 5.11 Å². The van der Waals surface area contributed by atoms with Crippen molar-refractivity contribution < 1.29 is 9.84 Å². The molecule has 2 aromatic rings. The van der Waals surface area contributed by atoms with Crippen molar-refractivity contribution in [3.8, 4) is 0 Å². The summed E-state index contributed by atoms with van der Waals surface area (Å²) >= 11 is 0. The van der Waals surface area contributed by atoms with Crippen molar-refractivity contribution in [1.29, 1.82) is 0 Å². The summed E-state index contributed by atoms with van der Waals surface area (Å²) in [5.41, 5.74) is 2.38. The van der Waals surface area contributed by atoms with E-state index < -0.39 is 6.10 Å². The quantitative estimate of drug-likeness (QED) is 0.630. The molecule has 0 unspecified atom stereocenters. The van der Waals surface area contributed by atoms with Crippen LogP contribution >= 0.6 is 0 Å². The zero-order valence-corrected chi connectivity index (χ0v) is 18.2. The topological polar surface area (TPSA) is 53.5 Å². The van der Waals surface area contributed by atoms with Gasteiger partial charge in [-0.3, -0.25) is 0 Å². The summed E-state index contributed by atoms with van der Waals surface area (Å²) in [5.74, 6) is 0. The third-order valence-electron chi connectivity index (χ3n) is 5.49. The molecule has 0 amide bonds. The number of ether oxygens (including phenoxy) is 1. The maximum absolute atomic E-state index is 10.6. The van der Waals surface area contributed by atoms with E-state index in [2.05, 4.69) is 62.6 Å². The van der Waals surface area contributed by atoms with E-state index >= 15 is 0 Å². The average Bonchev–Trinajstić information content (AvgIpc) is 2.66. The van der Waals surface area contributed by atoms with E-state index in [1.807, 2.05) is 36.4 Å². The van der Waals surface area contributed by atoms with Gasteiger partial charge in [-0.2, -0.15) is 0 Å². The van der Waals surface area contributed by atoms with Crippen molar-refractivity contribution in [2.24, 2.45) is 0 Å². The summed E-state index contributed by atoms with van der Waals surface area (Å²) in [6, 6.07) is 20.8. The van der Waals surface area contributed by atoms with Gasteiger partial charge in [-0.25, -0.2) is 0 Å².